The van der Waals surface area contributed by atoms with Gasteiger partial charge in [-0.2, -0.15) is 0 Å². The van der Waals surface area contributed by atoms with Crippen molar-refractivity contribution in [3.63, 3.8) is 0 Å². The van der Waals surface area contributed by atoms with Crippen molar-refractivity contribution in [3.05, 3.63) is 41.0 Å². The molecule has 1 aliphatic rings. The van der Waals surface area contributed by atoms with E-state index in [1.54, 1.807) is 0 Å². The first-order valence-electron chi connectivity index (χ1n) is 7.35. The Morgan fingerprint density at radius 2 is 2.00 bits per heavy atom. The Hall–Kier alpha value is -1.12. The Morgan fingerprint density at radius 3 is 2.74 bits per heavy atom. The van der Waals surface area contributed by atoms with Crippen LogP contribution < -0.4 is 5.32 Å². The van der Waals surface area contributed by atoms with E-state index in [1.807, 2.05) is 0 Å². The van der Waals surface area contributed by atoms with Crippen molar-refractivity contribution in [1.82, 2.24) is 10.2 Å². The second-order valence-corrected chi connectivity index (χ2v) is 5.51. The third-order valence-electron chi connectivity index (χ3n) is 4.13. The van der Waals surface area contributed by atoms with E-state index in [0.29, 0.717) is 0 Å². The van der Waals surface area contributed by atoms with Gasteiger partial charge >= 0.3 is 0 Å². The molecule has 0 saturated carbocycles. The molecule has 1 aromatic rings. The van der Waals surface area contributed by atoms with Crippen LogP contribution >= 0.6 is 0 Å². The maximum absolute atomic E-state index is 3.40. The number of rotatable bonds is 4. The summed E-state index contributed by atoms with van der Waals surface area (Å²) in [5, 5.41) is 3.40. The molecule has 2 rings (SSSR count). The summed E-state index contributed by atoms with van der Waals surface area (Å²) in [7, 11) is 0. The minimum Gasteiger partial charge on any atom is -0.314 e. The van der Waals surface area contributed by atoms with Gasteiger partial charge in [0.05, 0.1) is 0 Å². The van der Waals surface area contributed by atoms with Gasteiger partial charge < -0.3 is 10.2 Å². The van der Waals surface area contributed by atoms with Gasteiger partial charge in [0.15, 0.2) is 0 Å². The van der Waals surface area contributed by atoms with Gasteiger partial charge in [-0.15, -0.1) is 0 Å². The number of aryl methyl sites for hydroxylation is 1. The predicted octanol–water partition coefficient (Wildman–Crippen LogP) is 3.00. The maximum Gasteiger partial charge on any atom is 0.0107 e. The molecule has 1 saturated heterocycles. The molecule has 0 unspecified atom stereocenters. The molecule has 0 radical (unpaired) electrons. The van der Waals surface area contributed by atoms with E-state index in [-0.39, 0.29) is 0 Å². The first-order valence-corrected chi connectivity index (χ1v) is 7.35. The minimum atomic E-state index is 1.14. The molecule has 2 heteroatoms. The van der Waals surface area contributed by atoms with Crippen LogP contribution in [0.15, 0.2) is 24.3 Å². The van der Waals surface area contributed by atoms with Crippen LogP contribution in [0.1, 0.15) is 30.0 Å². The molecule has 2 nitrogen and oxygen atoms in total. The molecule has 0 bridgehead atoms. The summed E-state index contributed by atoms with van der Waals surface area (Å²) >= 11 is 0. The Morgan fingerprint density at radius 1 is 1.26 bits per heavy atom. The van der Waals surface area contributed by atoms with E-state index in [9.17, 15) is 0 Å². The lowest BCUT2D eigenvalue weighted by Gasteiger charge is -2.26. The molecular weight excluding hydrogens is 232 g/mol. The average Bonchev–Trinajstić information content (AvgIpc) is 2.43. The predicted molar refractivity (Wildman–Crippen MR) is 83.5 cm³/mol. The molecule has 19 heavy (non-hydrogen) atoms. The number of hydrogen-bond acceptors (Lipinski definition) is 2. The molecule has 1 aliphatic heterocycles. The van der Waals surface area contributed by atoms with Crippen molar-refractivity contribution in [1.29, 1.82) is 0 Å². The molecular formula is C17H26N2. The molecule has 1 N–H and O–H groups in total. The second kappa shape index (κ2) is 6.88. The fourth-order valence-corrected chi connectivity index (χ4v) is 2.69. The molecule has 0 spiro atoms. The zero-order valence-corrected chi connectivity index (χ0v) is 12.5. The molecule has 0 amide bonds. The third-order valence-corrected chi connectivity index (χ3v) is 4.13. The first kappa shape index (κ1) is 14.3. The quantitative estimate of drug-likeness (QED) is 0.893. The summed E-state index contributed by atoms with van der Waals surface area (Å²) in [5.74, 6) is 0. The van der Waals surface area contributed by atoms with Gasteiger partial charge in [0.25, 0.3) is 0 Å². The number of nitrogens with one attached hydrogen (secondary N) is 1. The lowest BCUT2D eigenvalue weighted by molar-refractivity contribution is 0.245. The van der Waals surface area contributed by atoms with Crippen molar-refractivity contribution in [2.24, 2.45) is 0 Å². The Balaban J connectivity index is 1.93. The van der Waals surface area contributed by atoms with Gasteiger partial charge in [-0.3, -0.25) is 0 Å². The van der Waals surface area contributed by atoms with E-state index in [2.05, 4.69) is 55.3 Å². The van der Waals surface area contributed by atoms with Crippen LogP contribution in [-0.2, 0) is 0 Å². The van der Waals surface area contributed by atoms with Gasteiger partial charge in [-0.05, 0) is 49.5 Å². The van der Waals surface area contributed by atoms with Crippen LogP contribution in [0, 0.1) is 13.8 Å². The first-order chi connectivity index (χ1) is 9.18. The molecule has 0 aromatic heterocycles. The fraction of sp³-hybridized carbons (Fsp3) is 0.529. The zero-order chi connectivity index (χ0) is 13.7. The number of hydrogen-bond donors (Lipinski definition) is 1. The molecule has 0 aliphatic carbocycles. The van der Waals surface area contributed by atoms with E-state index in [1.165, 1.54) is 41.9 Å². The minimum absolute atomic E-state index is 1.14. The third kappa shape index (κ3) is 3.92. The number of allylic oxidation sites excluding steroid dienone is 1. The molecule has 1 fully saturated rings. The van der Waals surface area contributed by atoms with Crippen molar-refractivity contribution in [2.75, 3.05) is 32.7 Å². The van der Waals surface area contributed by atoms with Crippen LogP contribution in [0.4, 0.5) is 0 Å². The lowest BCUT2D eigenvalue weighted by atomic mass is 9.97. The van der Waals surface area contributed by atoms with Gasteiger partial charge in [0.1, 0.15) is 0 Å². The van der Waals surface area contributed by atoms with Gasteiger partial charge in [0, 0.05) is 32.7 Å². The number of piperazine rings is 1. The molecule has 1 heterocycles. The van der Waals surface area contributed by atoms with Crippen LogP contribution in [0.3, 0.4) is 0 Å². The van der Waals surface area contributed by atoms with Crippen molar-refractivity contribution in [2.45, 2.75) is 27.2 Å². The topological polar surface area (TPSA) is 15.3 Å². The Bertz CT molecular complexity index is 443. The largest absolute Gasteiger partial charge is 0.314 e. The maximum atomic E-state index is 3.40. The summed E-state index contributed by atoms with van der Waals surface area (Å²) in [6, 6.07) is 6.58. The zero-order valence-electron chi connectivity index (χ0n) is 12.5. The molecule has 1 aromatic carbocycles. The fourth-order valence-electron chi connectivity index (χ4n) is 2.69. The standard InChI is InChI=1S/C17H26N2/c1-14-6-4-8-17(16(14)3)15(2)7-5-11-19-12-9-18-10-13-19/h4,6-8,18H,5,9-13H2,1-3H3/b15-7+. The smallest absolute Gasteiger partial charge is 0.0107 e. The summed E-state index contributed by atoms with van der Waals surface area (Å²) < 4.78 is 0. The highest BCUT2D eigenvalue weighted by Gasteiger charge is 2.08. The van der Waals surface area contributed by atoms with Crippen LogP contribution in [-0.4, -0.2) is 37.6 Å². The Kier molecular flexibility index (Phi) is 5.17. The van der Waals surface area contributed by atoms with Gasteiger partial charge in [0.2, 0.25) is 0 Å². The van der Waals surface area contributed by atoms with Gasteiger partial charge in [-0.25, -0.2) is 0 Å². The summed E-state index contributed by atoms with van der Waals surface area (Å²) in [4.78, 5) is 2.55. The van der Waals surface area contributed by atoms with Crippen LogP contribution in [0.2, 0.25) is 0 Å². The lowest BCUT2D eigenvalue weighted by Crippen LogP contribution is -2.43. The van der Waals surface area contributed by atoms with Crippen molar-refractivity contribution >= 4 is 5.57 Å². The average molecular weight is 258 g/mol. The number of benzene rings is 1. The highest BCUT2D eigenvalue weighted by molar-refractivity contribution is 5.67. The summed E-state index contributed by atoms with van der Waals surface area (Å²) in [6.07, 6.45) is 3.54. The summed E-state index contributed by atoms with van der Waals surface area (Å²) in [6.45, 7) is 12.5. The van der Waals surface area contributed by atoms with E-state index < -0.39 is 0 Å². The highest BCUT2D eigenvalue weighted by atomic mass is 15.2. The molecule has 104 valence electrons. The SMILES string of the molecule is C/C(=C\CCN1CCNCC1)c1cccc(C)c1C. The van der Waals surface area contributed by atoms with Crippen molar-refractivity contribution in [3.8, 4) is 0 Å². The summed E-state index contributed by atoms with van der Waals surface area (Å²) in [5.41, 5.74) is 5.61. The van der Waals surface area contributed by atoms with E-state index in [4.69, 9.17) is 0 Å². The van der Waals surface area contributed by atoms with Crippen LogP contribution in [0.5, 0.6) is 0 Å². The molecule has 0 atom stereocenters. The normalized spacial score (nSPS) is 17.7. The monoisotopic (exact) mass is 258 g/mol. The van der Waals surface area contributed by atoms with Crippen LogP contribution in [0.25, 0.3) is 5.57 Å². The highest BCUT2D eigenvalue weighted by Crippen LogP contribution is 2.21. The van der Waals surface area contributed by atoms with Crippen molar-refractivity contribution < 1.29 is 0 Å². The Labute approximate surface area is 117 Å². The van der Waals surface area contributed by atoms with Gasteiger partial charge in [-0.1, -0.05) is 24.3 Å². The number of nitrogens with zero attached hydrogens (tertiary/aromatic N) is 1. The van der Waals surface area contributed by atoms with E-state index in [0.717, 1.165) is 19.5 Å². The van der Waals surface area contributed by atoms with E-state index >= 15 is 0 Å². The second-order valence-electron chi connectivity index (χ2n) is 5.51.